The molecule has 0 amide bonds. The van der Waals surface area contributed by atoms with Gasteiger partial charge in [0, 0.05) is 0 Å². The van der Waals surface area contributed by atoms with E-state index >= 15 is 0 Å². The van der Waals surface area contributed by atoms with Crippen molar-refractivity contribution >= 4 is 22.9 Å². The molecule has 1 aromatic heterocycles. The van der Waals surface area contributed by atoms with Crippen LogP contribution >= 0.6 is 22.9 Å². The molecular weight excluding hydrogens is 154 g/mol. The molecule has 0 bridgehead atoms. The predicted molar refractivity (Wildman–Crippen MR) is 38.5 cm³/mol. The Bertz CT molecular complexity index is 211. The number of thiophene rings is 1. The molecule has 3 heteroatoms. The average molecular weight is 158 g/mol. The molecule has 0 radical (unpaired) electrons. The molecule has 0 N–H and O–H groups in total. The molecule has 1 unspecified atom stereocenters. The van der Waals surface area contributed by atoms with E-state index in [2.05, 4.69) is 0 Å². The third-order valence-electron chi connectivity index (χ3n) is 0.949. The highest BCUT2D eigenvalue weighted by atomic mass is 35.5. The number of alkyl halides is 1. The Balaban J connectivity index is 2.80. The maximum atomic E-state index is 8.33. The van der Waals surface area contributed by atoms with Crippen LogP contribution in [-0.2, 0) is 0 Å². The minimum absolute atomic E-state index is 0.476. The van der Waals surface area contributed by atoms with E-state index < -0.39 is 5.38 Å². The second-order valence-corrected chi connectivity index (χ2v) is 2.76. The van der Waals surface area contributed by atoms with Gasteiger partial charge in [0.25, 0.3) is 0 Å². The van der Waals surface area contributed by atoms with Crippen LogP contribution in [0.5, 0.6) is 0 Å². The molecule has 0 aliphatic rings. The van der Waals surface area contributed by atoms with Gasteiger partial charge in [-0.1, -0.05) is 0 Å². The highest BCUT2D eigenvalue weighted by Gasteiger charge is 2.03. The Morgan fingerprint density at radius 3 is 3.00 bits per heavy atom. The van der Waals surface area contributed by atoms with Crippen molar-refractivity contribution in [2.45, 2.75) is 5.38 Å². The van der Waals surface area contributed by atoms with Gasteiger partial charge in [0.1, 0.15) is 5.38 Å². The molecule has 1 rings (SSSR count). The molecule has 0 spiro atoms. The fourth-order valence-electron chi connectivity index (χ4n) is 0.494. The number of nitrogens with zero attached hydrogens (tertiary/aromatic N) is 1. The number of hydrogen-bond acceptors (Lipinski definition) is 2. The van der Waals surface area contributed by atoms with E-state index in [0.29, 0.717) is 0 Å². The Morgan fingerprint density at radius 2 is 2.56 bits per heavy atom. The molecule has 0 aliphatic carbocycles. The van der Waals surface area contributed by atoms with E-state index in [-0.39, 0.29) is 0 Å². The molecule has 1 aromatic rings. The van der Waals surface area contributed by atoms with Crippen molar-refractivity contribution in [3.8, 4) is 6.07 Å². The Hall–Kier alpha value is -0.520. The van der Waals surface area contributed by atoms with Gasteiger partial charge in [-0.05, 0) is 22.4 Å². The summed E-state index contributed by atoms with van der Waals surface area (Å²) in [6.07, 6.45) is 0. The van der Waals surface area contributed by atoms with E-state index in [9.17, 15) is 0 Å². The van der Waals surface area contributed by atoms with Crippen LogP contribution in [0.3, 0.4) is 0 Å². The van der Waals surface area contributed by atoms with Crippen molar-refractivity contribution in [1.29, 1.82) is 5.26 Å². The van der Waals surface area contributed by atoms with E-state index in [1.807, 2.05) is 22.9 Å². The lowest BCUT2D eigenvalue weighted by atomic mass is 10.3. The summed E-state index contributed by atoms with van der Waals surface area (Å²) in [5.74, 6) is 0. The van der Waals surface area contributed by atoms with E-state index in [0.717, 1.165) is 5.56 Å². The first kappa shape index (κ1) is 6.60. The molecular formula is C6H4ClNS. The van der Waals surface area contributed by atoms with Gasteiger partial charge in [-0.25, -0.2) is 0 Å². The smallest absolute Gasteiger partial charge is 0.146 e. The van der Waals surface area contributed by atoms with Crippen molar-refractivity contribution < 1.29 is 0 Å². The minimum atomic E-state index is -0.476. The summed E-state index contributed by atoms with van der Waals surface area (Å²) < 4.78 is 0. The van der Waals surface area contributed by atoms with Crippen molar-refractivity contribution in [3.05, 3.63) is 22.4 Å². The van der Waals surface area contributed by atoms with Crippen LogP contribution in [0.25, 0.3) is 0 Å². The molecule has 46 valence electrons. The van der Waals surface area contributed by atoms with Crippen molar-refractivity contribution in [2.24, 2.45) is 0 Å². The molecule has 1 heterocycles. The molecule has 0 fully saturated rings. The lowest BCUT2D eigenvalue weighted by molar-refractivity contribution is 1.23. The summed E-state index contributed by atoms with van der Waals surface area (Å²) in [7, 11) is 0. The summed E-state index contributed by atoms with van der Waals surface area (Å²) in [5, 5.41) is 11.6. The number of nitriles is 1. The summed E-state index contributed by atoms with van der Waals surface area (Å²) in [4.78, 5) is 0. The summed E-state index contributed by atoms with van der Waals surface area (Å²) in [5.41, 5.74) is 0.893. The monoisotopic (exact) mass is 157 g/mol. The van der Waals surface area contributed by atoms with Crippen LogP contribution in [0, 0.1) is 11.3 Å². The Kier molecular flexibility index (Phi) is 2.10. The SMILES string of the molecule is N#CC(Cl)c1ccsc1. The summed E-state index contributed by atoms with van der Waals surface area (Å²) in [6, 6.07) is 3.79. The van der Waals surface area contributed by atoms with Gasteiger partial charge in [-0.2, -0.15) is 16.6 Å². The third-order valence-corrected chi connectivity index (χ3v) is 2.00. The van der Waals surface area contributed by atoms with Crippen LogP contribution < -0.4 is 0 Å². The summed E-state index contributed by atoms with van der Waals surface area (Å²) in [6.45, 7) is 0. The van der Waals surface area contributed by atoms with Gasteiger partial charge in [-0.3, -0.25) is 0 Å². The molecule has 9 heavy (non-hydrogen) atoms. The normalized spacial score (nSPS) is 12.4. The minimum Gasteiger partial charge on any atom is -0.196 e. The van der Waals surface area contributed by atoms with Gasteiger partial charge >= 0.3 is 0 Å². The van der Waals surface area contributed by atoms with Gasteiger partial charge < -0.3 is 0 Å². The standard InChI is InChI=1S/C6H4ClNS/c7-6(3-8)5-1-2-9-4-5/h1-2,4,6H. The number of halogens is 1. The van der Waals surface area contributed by atoms with Gasteiger partial charge in [0.05, 0.1) is 6.07 Å². The quantitative estimate of drug-likeness (QED) is 0.575. The van der Waals surface area contributed by atoms with Gasteiger partial charge in [0.15, 0.2) is 0 Å². The molecule has 1 atom stereocenters. The van der Waals surface area contributed by atoms with Crippen molar-refractivity contribution in [1.82, 2.24) is 0 Å². The maximum Gasteiger partial charge on any atom is 0.146 e. The van der Waals surface area contributed by atoms with Crippen LogP contribution in [-0.4, -0.2) is 0 Å². The van der Waals surface area contributed by atoms with Crippen LogP contribution in [0.2, 0.25) is 0 Å². The number of hydrogen-bond donors (Lipinski definition) is 0. The highest BCUT2D eigenvalue weighted by molar-refractivity contribution is 7.08. The van der Waals surface area contributed by atoms with Crippen LogP contribution in [0.15, 0.2) is 16.8 Å². The average Bonchev–Trinajstić information content (AvgIpc) is 2.37. The van der Waals surface area contributed by atoms with Crippen molar-refractivity contribution in [2.75, 3.05) is 0 Å². The Labute approximate surface area is 62.5 Å². The molecule has 0 saturated carbocycles. The largest absolute Gasteiger partial charge is 0.196 e. The van der Waals surface area contributed by atoms with Crippen molar-refractivity contribution in [3.63, 3.8) is 0 Å². The molecule has 0 aromatic carbocycles. The van der Waals surface area contributed by atoms with E-state index in [1.54, 1.807) is 11.3 Å². The second-order valence-electron chi connectivity index (χ2n) is 1.55. The zero-order chi connectivity index (χ0) is 6.69. The lowest BCUT2D eigenvalue weighted by Gasteiger charge is -1.90. The topological polar surface area (TPSA) is 23.8 Å². The molecule has 1 nitrogen and oxygen atoms in total. The Morgan fingerprint density at radius 1 is 1.78 bits per heavy atom. The maximum absolute atomic E-state index is 8.33. The molecule has 0 aliphatic heterocycles. The fraction of sp³-hybridized carbons (Fsp3) is 0.167. The first-order valence-electron chi connectivity index (χ1n) is 2.40. The summed E-state index contributed by atoms with van der Waals surface area (Å²) >= 11 is 7.13. The fourth-order valence-corrected chi connectivity index (χ4v) is 1.39. The van der Waals surface area contributed by atoms with E-state index in [1.165, 1.54) is 0 Å². The first-order chi connectivity index (χ1) is 4.34. The third kappa shape index (κ3) is 1.44. The van der Waals surface area contributed by atoms with Crippen LogP contribution in [0.1, 0.15) is 10.9 Å². The molecule has 0 saturated heterocycles. The number of rotatable bonds is 1. The predicted octanol–water partition coefficient (Wildman–Crippen LogP) is 2.55. The first-order valence-corrected chi connectivity index (χ1v) is 3.78. The van der Waals surface area contributed by atoms with Gasteiger partial charge in [-0.15, -0.1) is 11.6 Å². The van der Waals surface area contributed by atoms with E-state index in [4.69, 9.17) is 16.9 Å². The zero-order valence-corrected chi connectivity index (χ0v) is 6.12. The second kappa shape index (κ2) is 2.86. The highest BCUT2D eigenvalue weighted by Crippen LogP contribution is 2.20. The van der Waals surface area contributed by atoms with Gasteiger partial charge in [0.2, 0.25) is 0 Å². The van der Waals surface area contributed by atoms with Crippen LogP contribution in [0.4, 0.5) is 0 Å². The zero-order valence-electron chi connectivity index (χ0n) is 4.54. The lowest BCUT2D eigenvalue weighted by Crippen LogP contribution is -1.78.